The molecule has 1 saturated heterocycles. The fourth-order valence-corrected chi connectivity index (χ4v) is 5.42. The highest BCUT2D eigenvalue weighted by Gasteiger charge is 2.44. The number of carbonyl (C=O) groups is 2. The molecule has 38 heavy (non-hydrogen) atoms. The van der Waals surface area contributed by atoms with Crippen molar-refractivity contribution in [3.8, 4) is 11.3 Å². The lowest BCUT2D eigenvalue weighted by molar-refractivity contribution is -0.138. The highest BCUT2D eigenvalue weighted by atomic mass is 16.3. The Morgan fingerprint density at radius 3 is 2.61 bits per heavy atom. The summed E-state index contributed by atoms with van der Waals surface area (Å²) in [5.41, 5.74) is 10.7. The van der Waals surface area contributed by atoms with Crippen LogP contribution in [0.1, 0.15) is 47.4 Å². The quantitative estimate of drug-likeness (QED) is 0.368. The summed E-state index contributed by atoms with van der Waals surface area (Å²) in [4.78, 5) is 39.0. The van der Waals surface area contributed by atoms with E-state index in [1.54, 1.807) is 15.9 Å². The fourth-order valence-electron chi connectivity index (χ4n) is 5.42. The molecule has 1 aromatic heterocycles. The summed E-state index contributed by atoms with van der Waals surface area (Å²) < 4.78 is 5.45. The molecule has 3 N–H and O–H groups in total. The summed E-state index contributed by atoms with van der Waals surface area (Å²) in [6.07, 6.45) is 1.03. The molecule has 2 aliphatic rings. The molecule has 2 aliphatic heterocycles. The first-order valence-corrected chi connectivity index (χ1v) is 12.9. The Hall–Kier alpha value is -3.98. The maximum Gasteiger partial charge on any atom is 0.255 e. The highest BCUT2D eigenvalue weighted by molar-refractivity contribution is 6.02. The number of nitrogens with zero attached hydrogens (tertiary/aromatic N) is 4. The van der Waals surface area contributed by atoms with Crippen LogP contribution in [0.25, 0.3) is 11.3 Å². The minimum Gasteiger partial charge on any atom is -0.443 e. The maximum absolute atomic E-state index is 13.9. The molecule has 0 unspecified atom stereocenters. The van der Waals surface area contributed by atoms with Crippen molar-refractivity contribution in [3.63, 3.8) is 0 Å². The largest absolute Gasteiger partial charge is 0.443 e. The minimum absolute atomic E-state index is 0.121. The van der Waals surface area contributed by atoms with Gasteiger partial charge in [-0.05, 0) is 30.0 Å². The van der Waals surface area contributed by atoms with Crippen molar-refractivity contribution in [2.75, 3.05) is 6.54 Å². The minimum atomic E-state index is -0.707. The highest BCUT2D eigenvalue weighted by Crippen LogP contribution is 2.30. The van der Waals surface area contributed by atoms with E-state index in [4.69, 9.17) is 10.2 Å². The number of benzene rings is 2. The van der Waals surface area contributed by atoms with E-state index in [-0.39, 0.29) is 24.3 Å². The van der Waals surface area contributed by atoms with Gasteiger partial charge >= 0.3 is 0 Å². The van der Waals surface area contributed by atoms with Gasteiger partial charge in [0, 0.05) is 30.6 Å². The predicted octanol–water partition coefficient (Wildman–Crippen LogP) is 3.15. The Morgan fingerprint density at radius 2 is 1.95 bits per heavy atom. The Morgan fingerprint density at radius 1 is 1.21 bits per heavy atom. The molecular weight excluding hydrogens is 482 g/mol. The van der Waals surface area contributed by atoms with Crippen LogP contribution in [-0.4, -0.2) is 62.3 Å². The molecule has 2 aromatic carbocycles. The molecule has 3 atom stereocenters. The number of fused-ring (bicyclic) bond motifs is 1. The van der Waals surface area contributed by atoms with Gasteiger partial charge in [0.05, 0.1) is 24.4 Å². The molecule has 0 saturated carbocycles. The van der Waals surface area contributed by atoms with E-state index in [9.17, 15) is 14.7 Å². The smallest absolute Gasteiger partial charge is 0.255 e. The van der Waals surface area contributed by atoms with Crippen LogP contribution in [0.15, 0.2) is 64.3 Å². The number of β-amino-alcohol motifs (C(OH)–C–C–N with tert-alkyl or cyclic N) is 1. The van der Waals surface area contributed by atoms with Gasteiger partial charge in [0.25, 0.3) is 5.91 Å². The van der Waals surface area contributed by atoms with Crippen molar-refractivity contribution in [2.45, 2.75) is 58.5 Å². The Balaban J connectivity index is 1.32. The number of aromatic nitrogens is 1. The average molecular weight is 516 g/mol. The summed E-state index contributed by atoms with van der Waals surface area (Å²) in [7, 11) is 0. The molecule has 9 heteroatoms. The van der Waals surface area contributed by atoms with E-state index in [1.807, 2.05) is 63.2 Å². The summed E-state index contributed by atoms with van der Waals surface area (Å²) in [5, 5.41) is 10.5. The second kappa shape index (κ2) is 10.4. The van der Waals surface area contributed by atoms with Gasteiger partial charge in [0.1, 0.15) is 11.9 Å². The van der Waals surface area contributed by atoms with Crippen molar-refractivity contribution in [1.29, 1.82) is 0 Å². The van der Waals surface area contributed by atoms with Crippen LogP contribution in [0.4, 0.5) is 0 Å². The van der Waals surface area contributed by atoms with Crippen LogP contribution in [0, 0.1) is 12.8 Å². The van der Waals surface area contributed by atoms with Crippen LogP contribution in [0.5, 0.6) is 0 Å². The number of amides is 2. The molecule has 0 bridgehead atoms. The summed E-state index contributed by atoms with van der Waals surface area (Å²) in [5.74, 6) is 0.544. The predicted molar refractivity (Wildman–Crippen MR) is 143 cm³/mol. The zero-order valence-electron chi connectivity index (χ0n) is 21.9. The number of carbonyl (C=O) groups excluding carboxylic acids is 2. The molecule has 2 amide bonds. The van der Waals surface area contributed by atoms with Crippen LogP contribution in [0.3, 0.4) is 0 Å². The van der Waals surface area contributed by atoms with Crippen molar-refractivity contribution in [1.82, 2.24) is 14.8 Å². The van der Waals surface area contributed by atoms with Crippen LogP contribution >= 0.6 is 0 Å². The molecule has 0 spiro atoms. The zero-order chi connectivity index (χ0) is 27.0. The van der Waals surface area contributed by atoms with Crippen LogP contribution in [0.2, 0.25) is 0 Å². The molecule has 9 nitrogen and oxygen atoms in total. The molecule has 3 heterocycles. The molecule has 3 aromatic rings. The van der Waals surface area contributed by atoms with E-state index in [2.05, 4.69) is 9.98 Å². The van der Waals surface area contributed by atoms with Crippen molar-refractivity contribution >= 4 is 17.6 Å². The van der Waals surface area contributed by atoms with Gasteiger partial charge in [-0.2, -0.15) is 0 Å². The number of hydrogen-bond acceptors (Lipinski definition) is 6. The zero-order valence-corrected chi connectivity index (χ0v) is 21.9. The second-order valence-electron chi connectivity index (χ2n) is 10.4. The third-order valence-electron chi connectivity index (χ3n) is 7.38. The van der Waals surface area contributed by atoms with Gasteiger partial charge in [-0.15, -0.1) is 0 Å². The number of aliphatic hydroxyl groups is 1. The molecule has 198 valence electrons. The Bertz CT molecular complexity index is 1360. The Labute approximate surface area is 222 Å². The third kappa shape index (κ3) is 4.81. The first-order chi connectivity index (χ1) is 18.2. The lowest BCUT2D eigenvalue weighted by Gasteiger charge is -2.35. The summed E-state index contributed by atoms with van der Waals surface area (Å²) in [6, 6.07) is 14.0. The van der Waals surface area contributed by atoms with Gasteiger partial charge in [0.15, 0.2) is 12.2 Å². The topological polar surface area (TPSA) is 125 Å². The van der Waals surface area contributed by atoms with Crippen LogP contribution < -0.4 is 5.73 Å². The van der Waals surface area contributed by atoms with Gasteiger partial charge in [-0.3, -0.25) is 14.6 Å². The monoisotopic (exact) mass is 515 g/mol. The molecule has 0 aliphatic carbocycles. The number of hydrogen-bond donors (Lipinski definition) is 2. The maximum atomic E-state index is 13.9. The first kappa shape index (κ1) is 25.7. The van der Waals surface area contributed by atoms with Gasteiger partial charge in [0.2, 0.25) is 5.91 Å². The normalized spacial score (nSPS) is 20.3. The SMILES string of the molecule is Cc1ncoc1-c1ccc(CN=C(N)[C@@H]2C[C@@H](O)CN2C(=O)[C@H](C(C)C)N2Cc3ccccc3C2=O)cc1. The van der Waals surface area contributed by atoms with E-state index in [1.165, 1.54) is 6.39 Å². The van der Waals surface area contributed by atoms with Crippen LogP contribution in [-0.2, 0) is 17.9 Å². The lowest BCUT2D eigenvalue weighted by atomic mass is 10.0. The van der Waals surface area contributed by atoms with E-state index < -0.39 is 18.2 Å². The van der Waals surface area contributed by atoms with Gasteiger partial charge in [-0.1, -0.05) is 56.3 Å². The number of likely N-dealkylation sites (tertiary alicyclic amines) is 1. The first-order valence-electron chi connectivity index (χ1n) is 12.9. The number of nitrogens with two attached hydrogens (primary N) is 1. The number of aliphatic imine (C=N–C) groups is 1. The Kier molecular flexibility index (Phi) is 7.03. The fraction of sp³-hybridized carbons (Fsp3) is 0.379. The number of aryl methyl sites for hydroxylation is 1. The average Bonchev–Trinajstić information content (AvgIpc) is 3.60. The van der Waals surface area contributed by atoms with Crippen molar-refractivity contribution in [2.24, 2.45) is 16.6 Å². The molecular formula is C29H33N5O4. The summed E-state index contributed by atoms with van der Waals surface area (Å²) >= 11 is 0. The van der Waals surface area contributed by atoms with Crippen molar-refractivity contribution < 1.29 is 19.1 Å². The number of aliphatic hydroxyl groups excluding tert-OH is 1. The molecule has 5 rings (SSSR count). The molecule has 0 radical (unpaired) electrons. The van der Waals surface area contributed by atoms with E-state index in [0.29, 0.717) is 30.9 Å². The van der Waals surface area contributed by atoms with Gasteiger partial charge < -0.3 is 25.1 Å². The number of oxazole rings is 1. The number of amidine groups is 1. The standard InChI is InChI=1S/C29H33N5O4/c1-17(2)25(34-14-21-6-4-5-7-23(21)28(34)36)29(37)33-15-22(35)12-24(33)27(30)31-13-19-8-10-20(11-9-19)26-18(3)32-16-38-26/h4-11,16-17,22,24-25,35H,12-15H2,1-3H3,(H2,30,31)/t22-,24+,25+/m1/s1. The lowest BCUT2D eigenvalue weighted by Crippen LogP contribution is -2.55. The third-order valence-corrected chi connectivity index (χ3v) is 7.38. The second-order valence-corrected chi connectivity index (χ2v) is 10.4. The van der Waals surface area contributed by atoms with Gasteiger partial charge in [-0.25, -0.2) is 4.98 Å². The molecule has 1 fully saturated rings. The summed E-state index contributed by atoms with van der Waals surface area (Å²) in [6.45, 7) is 6.64. The number of rotatable bonds is 7. The van der Waals surface area contributed by atoms with E-state index in [0.717, 1.165) is 28.1 Å². The van der Waals surface area contributed by atoms with E-state index >= 15 is 0 Å². The van der Waals surface area contributed by atoms with Crippen molar-refractivity contribution in [3.05, 3.63) is 77.3 Å².